The van der Waals surface area contributed by atoms with Gasteiger partial charge in [0.15, 0.2) is 0 Å². The van der Waals surface area contributed by atoms with E-state index in [2.05, 4.69) is 21.1 Å². The quantitative estimate of drug-likeness (QED) is 0.808. The van der Waals surface area contributed by atoms with Crippen LogP contribution >= 0.6 is 0 Å². The molecular weight excluding hydrogens is 264 g/mol. The smallest absolute Gasteiger partial charge is 0.410 e. The summed E-state index contributed by atoms with van der Waals surface area (Å²) in [5.41, 5.74) is 1.87. The number of hydrogen-bond donors (Lipinski definition) is 0. The number of carbonyl (C=O) groups is 1. The number of hydrogen-bond acceptors (Lipinski definition) is 2. The Kier molecular flexibility index (Phi) is 4.29. The van der Waals surface area contributed by atoms with Gasteiger partial charge in [-0.05, 0) is 24.3 Å². The van der Waals surface area contributed by atoms with Crippen LogP contribution in [0.4, 0.5) is 16.2 Å². The monoisotopic (exact) mass is 285 g/mol. The van der Waals surface area contributed by atoms with E-state index in [4.69, 9.17) is 4.74 Å². The number of para-hydroxylation sites is 1. The average molecular weight is 285 g/mol. The summed E-state index contributed by atoms with van der Waals surface area (Å²) in [7, 11) is 7.90. The van der Waals surface area contributed by atoms with Crippen molar-refractivity contribution in [3.05, 3.63) is 54.6 Å². The van der Waals surface area contributed by atoms with Crippen molar-refractivity contribution in [1.82, 2.24) is 4.48 Å². The van der Waals surface area contributed by atoms with Gasteiger partial charge in [0.05, 0.1) is 21.1 Å². The van der Waals surface area contributed by atoms with E-state index in [1.54, 1.807) is 13.1 Å². The van der Waals surface area contributed by atoms with Crippen molar-refractivity contribution in [2.45, 2.75) is 0 Å². The Hall–Kier alpha value is -2.33. The number of rotatable bonds is 3. The molecular formula is C17H21N2O2+. The summed E-state index contributed by atoms with van der Waals surface area (Å²) >= 11 is 0. The molecule has 0 fully saturated rings. The molecule has 0 aromatic heterocycles. The summed E-state index contributed by atoms with van der Waals surface area (Å²) in [5.74, 6) is 0.549. The van der Waals surface area contributed by atoms with Gasteiger partial charge in [-0.2, -0.15) is 0 Å². The maximum atomic E-state index is 12.2. The Morgan fingerprint density at radius 3 is 2.29 bits per heavy atom. The molecule has 21 heavy (non-hydrogen) atoms. The molecule has 2 rings (SSSR count). The molecule has 4 nitrogen and oxygen atoms in total. The Morgan fingerprint density at radius 1 is 1.00 bits per heavy atom. The van der Waals surface area contributed by atoms with Crippen LogP contribution in [0.5, 0.6) is 5.75 Å². The van der Waals surface area contributed by atoms with Crippen molar-refractivity contribution < 1.29 is 9.53 Å². The Morgan fingerprint density at radius 2 is 1.67 bits per heavy atom. The first-order valence-corrected chi connectivity index (χ1v) is 6.80. The van der Waals surface area contributed by atoms with Crippen LogP contribution in [-0.2, 0) is 0 Å². The number of quaternary nitrogens is 1. The molecule has 2 aromatic carbocycles. The average Bonchev–Trinajstić information content (AvgIpc) is 2.47. The molecule has 0 heterocycles. The van der Waals surface area contributed by atoms with Gasteiger partial charge in [0.2, 0.25) is 0 Å². The predicted molar refractivity (Wildman–Crippen MR) is 86.9 cm³/mol. The van der Waals surface area contributed by atoms with Gasteiger partial charge in [0.25, 0.3) is 0 Å². The van der Waals surface area contributed by atoms with Crippen LogP contribution in [0.25, 0.3) is 0 Å². The number of anilines is 1. The number of ether oxygens (including phenoxy) is 1. The van der Waals surface area contributed by atoms with Gasteiger partial charge >= 0.3 is 6.09 Å². The highest BCUT2D eigenvalue weighted by Crippen LogP contribution is 2.23. The summed E-state index contributed by atoms with van der Waals surface area (Å²) in [6, 6.07) is 17.0. The number of carbonyl (C=O) groups excluding carboxylic acids is 1. The highest BCUT2D eigenvalue weighted by Gasteiger charge is 2.16. The first-order valence-electron chi connectivity index (χ1n) is 6.80. The van der Waals surface area contributed by atoms with Gasteiger partial charge in [0, 0.05) is 18.8 Å². The second-order valence-corrected chi connectivity index (χ2v) is 5.77. The fourth-order valence-electron chi connectivity index (χ4n) is 1.89. The minimum absolute atomic E-state index is 0.403. The maximum Gasteiger partial charge on any atom is 0.419 e. The number of amides is 1. The molecule has 2 aromatic rings. The van der Waals surface area contributed by atoms with E-state index in [-0.39, 0.29) is 0 Å². The second-order valence-electron chi connectivity index (χ2n) is 5.77. The molecule has 0 bridgehead atoms. The normalized spacial score (nSPS) is 11.0. The van der Waals surface area contributed by atoms with E-state index in [0.29, 0.717) is 10.2 Å². The molecule has 0 saturated heterocycles. The van der Waals surface area contributed by atoms with Crippen molar-refractivity contribution in [2.24, 2.45) is 0 Å². The molecule has 1 amide bonds. The zero-order chi connectivity index (χ0) is 15.5. The third-order valence-electron chi connectivity index (χ3n) is 3.21. The van der Waals surface area contributed by atoms with E-state index >= 15 is 0 Å². The predicted octanol–water partition coefficient (Wildman–Crippen LogP) is 3.52. The molecule has 110 valence electrons. The van der Waals surface area contributed by atoms with E-state index in [1.165, 1.54) is 4.90 Å². The van der Waals surface area contributed by atoms with Crippen LogP contribution in [-0.4, -0.2) is 34.3 Å². The zero-order valence-corrected chi connectivity index (χ0v) is 12.9. The van der Waals surface area contributed by atoms with E-state index < -0.39 is 6.09 Å². The summed E-state index contributed by atoms with van der Waals surface area (Å²) in [6.45, 7) is 0. The lowest BCUT2D eigenvalue weighted by molar-refractivity contribution is 0.209. The van der Waals surface area contributed by atoms with Crippen LogP contribution in [0.15, 0.2) is 54.6 Å². The van der Waals surface area contributed by atoms with Gasteiger partial charge in [-0.1, -0.05) is 24.3 Å². The SMILES string of the molecule is CN(C(=O)Oc1cccc([N+](C)(C)C)c1)c1ccccc1. The summed E-state index contributed by atoms with van der Waals surface area (Å²) in [4.78, 5) is 13.7. The lowest BCUT2D eigenvalue weighted by Gasteiger charge is -2.24. The molecule has 0 radical (unpaired) electrons. The van der Waals surface area contributed by atoms with Crippen molar-refractivity contribution in [3.63, 3.8) is 0 Å². The number of benzene rings is 2. The summed E-state index contributed by atoms with van der Waals surface area (Å²) < 4.78 is 6.11. The topological polar surface area (TPSA) is 29.5 Å². The minimum atomic E-state index is -0.403. The van der Waals surface area contributed by atoms with Crippen LogP contribution in [0.1, 0.15) is 0 Å². The molecule has 0 aliphatic rings. The minimum Gasteiger partial charge on any atom is -0.410 e. The van der Waals surface area contributed by atoms with Crippen LogP contribution < -0.4 is 14.1 Å². The van der Waals surface area contributed by atoms with E-state index in [9.17, 15) is 4.79 Å². The first kappa shape index (κ1) is 15.1. The van der Waals surface area contributed by atoms with Crippen molar-refractivity contribution in [2.75, 3.05) is 33.1 Å². The van der Waals surface area contributed by atoms with Gasteiger partial charge in [0.1, 0.15) is 11.4 Å². The van der Waals surface area contributed by atoms with Gasteiger partial charge < -0.3 is 4.74 Å². The molecule has 4 heteroatoms. The lowest BCUT2D eigenvalue weighted by Crippen LogP contribution is -2.34. The molecule has 0 aliphatic carbocycles. The third-order valence-corrected chi connectivity index (χ3v) is 3.21. The molecule has 0 saturated carbocycles. The van der Waals surface area contributed by atoms with Gasteiger partial charge in [-0.25, -0.2) is 4.79 Å². The Labute approximate surface area is 125 Å². The largest absolute Gasteiger partial charge is 0.419 e. The second kappa shape index (κ2) is 5.97. The third kappa shape index (κ3) is 3.83. The highest BCUT2D eigenvalue weighted by atomic mass is 16.6. The molecule has 0 spiro atoms. The molecule has 0 N–H and O–H groups in total. The zero-order valence-electron chi connectivity index (χ0n) is 12.9. The van der Waals surface area contributed by atoms with Crippen LogP contribution in [0.2, 0.25) is 0 Å². The Bertz CT molecular complexity index is 618. The molecule has 0 aliphatic heterocycles. The molecule has 0 unspecified atom stereocenters. The van der Waals surface area contributed by atoms with E-state index in [0.717, 1.165) is 11.4 Å². The van der Waals surface area contributed by atoms with Crippen LogP contribution in [0, 0.1) is 0 Å². The summed E-state index contributed by atoms with van der Waals surface area (Å²) in [6.07, 6.45) is -0.403. The standard InChI is InChI=1S/C17H21N2O2/c1-18(14-9-6-5-7-10-14)17(20)21-16-12-8-11-15(13-16)19(2,3)4/h5-13H,1-4H3/q+1. The lowest BCUT2D eigenvalue weighted by atomic mass is 10.2. The van der Waals surface area contributed by atoms with E-state index in [1.807, 2.05) is 48.5 Å². The number of nitrogens with zero attached hydrogens (tertiary/aromatic N) is 2. The van der Waals surface area contributed by atoms with Gasteiger partial charge in [-0.15, -0.1) is 0 Å². The van der Waals surface area contributed by atoms with Gasteiger partial charge in [-0.3, -0.25) is 9.38 Å². The first-order chi connectivity index (χ1) is 9.88. The summed E-state index contributed by atoms with van der Waals surface area (Å²) in [5, 5.41) is 0. The maximum absolute atomic E-state index is 12.2. The van der Waals surface area contributed by atoms with Crippen LogP contribution in [0.3, 0.4) is 0 Å². The van der Waals surface area contributed by atoms with Crippen molar-refractivity contribution in [1.29, 1.82) is 0 Å². The van der Waals surface area contributed by atoms with Crippen molar-refractivity contribution in [3.8, 4) is 5.75 Å². The highest BCUT2D eigenvalue weighted by molar-refractivity contribution is 5.88. The van der Waals surface area contributed by atoms with Crippen molar-refractivity contribution >= 4 is 17.5 Å². The fourth-order valence-corrected chi connectivity index (χ4v) is 1.89. The Balaban J connectivity index is 2.13. The molecule has 0 atom stereocenters. The fraction of sp³-hybridized carbons (Fsp3) is 0.235.